The molecule has 0 bridgehead atoms. The minimum Gasteiger partial charge on any atom is -0.339 e. The summed E-state index contributed by atoms with van der Waals surface area (Å²) in [5, 5.41) is 0. The molecule has 1 amide bonds. The number of hydrogen-bond donors (Lipinski definition) is 0. The highest BCUT2D eigenvalue weighted by Gasteiger charge is 2.41. The molecule has 1 saturated heterocycles. The SMILES string of the molecule is CC(C)C(C)C(=O)N1CCCC1C1CCCC1=O. The first-order valence-corrected chi connectivity index (χ1v) is 7.35. The second-order valence-electron chi connectivity index (χ2n) is 6.24. The van der Waals surface area contributed by atoms with Gasteiger partial charge in [-0.3, -0.25) is 9.59 Å². The zero-order valence-corrected chi connectivity index (χ0v) is 11.8. The highest BCUT2D eigenvalue weighted by Crippen LogP contribution is 2.34. The van der Waals surface area contributed by atoms with E-state index in [1.54, 1.807) is 0 Å². The third-order valence-corrected chi connectivity index (χ3v) is 4.79. The van der Waals surface area contributed by atoms with E-state index in [0.717, 1.165) is 38.6 Å². The van der Waals surface area contributed by atoms with Crippen LogP contribution in [0.15, 0.2) is 0 Å². The van der Waals surface area contributed by atoms with Crippen molar-refractivity contribution in [1.82, 2.24) is 4.90 Å². The van der Waals surface area contributed by atoms with Crippen molar-refractivity contribution in [3.63, 3.8) is 0 Å². The number of hydrogen-bond acceptors (Lipinski definition) is 2. The standard InChI is InChI=1S/C15H25NO2/c1-10(2)11(3)15(18)16-9-5-7-13(16)12-6-4-8-14(12)17/h10-13H,4-9H2,1-3H3. The van der Waals surface area contributed by atoms with Crippen molar-refractivity contribution in [2.45, 2.75) is 58.9 Å². The fraction of sp³-hybridized carbons (Fsp3) is 0.867. The molecule has 1 aliphatic carbocycles. The summed E-state index contributed by atoms with van der Waals surface area (Å²) in [7, 11) is 0. The van der Waals surface area contributed by atoms with Crippen LogP contribution in [-0.2, 0) is 9.59 Å². The van der Waals surface area contributed by atoms with Crippen molar-refractivity contribution >= 4 is 11.7 Å². The monoisotopic (exact) mass is 251 g/mol. The summed E-state index contributed by atoms with van der Waals surface area (Å²) in [5.41, 5.74) is 0. The number of nitrogens with zero attached hydrogens (tertiary/aromatic N) is 1. The summed E-state index contributed by atoms with van der Waals surface area (Å²) in [4.78, 5) is 26.4. The maximum atomic E-state index is 12.5. The van der Waals surface area contributed by atoms with Gasteiger partial charge in [0, 0.05) is 30.8 Å². The molecule has 0 aromatic heterocycles. The van der Waals surface area contributed by atoms with Crippen LogP contribution in [0.2, 0.25) is 0 Å². The van der Waals surface area contributed by atoms with Gasteiger partial charge < -0.3 is 4.90 Å². The predicted octanol–water partition coefficient (Wildman–Crippen LogP) is 2.64. The summed E-state index contributed by atoms with van der Waals surface area (Å²) in [6, 6.07) is 0.202. The van der Waals surface area contributed by atoms with Crippen molar-refractivity contribution in [1.29, 1.82) is 0 Å². The van der Waals surface area contributed by atoms with E-state index in [2.05, 4.69) is 13.8 Å². The second kappa shape index (κ2) is 5.41. The first kappa shape index (κ1) is 13.6. The average Bonchev–Trinajstić information content (AvgIpc) is 2.94. The Balaban J connectivity index is 2.07. The van der Waals surface area contributed by atoms with Gasteiger partial charge in [-0.15, -0.1) is 0 Å². The molecule has 3 heteroatoms. The van der Waals surface area contributed by atoms with Gasteiger partial charge in [-0.25, -0.2) is 0 Å². The van der Waals surface area contributed by atoms with E-state index in [-0.39, 0.29) is 23.8 Å². The van der Waals surface area contributed by atoms with Gasteiger partial charge >= 0.3 is 0 Å². The topological polar surface area (TPSA) is 37.4 Å². The first-order valence-electron chi connectivity index (χ1n) is 7.35. The number of carbonyl (C=O) groups excluding carboxylic acids is 2. The number of Topliss-reactive ketones (excluding diaryl/α,β-unsaturated/α-hetero) is 1. The molecule has 0 radical (unpaired) electrons. The van der Waals surface area contributed by atoms with E-state index in [1.165, 1.54) is 0 Å². The number of rotatable bonds is 3. The minimum absolute atomic E-state index is 0.0714. The van der Waals surface area contributed by atoms with Crippen molar-refractivity contribution in [2.75, 3.05) is 6.54 Å². The lowest BCUT2D eigenvalue weighted by atomic mass is 9.92. The van der Waals surface area contributed by atoms with E-state index < -0.39 is 0 Å². The molecular formula is C15H25NO2. The van der Waals surface area contributed by atoms with Crippen LogP contribution >= 0.6 is 0 Å². The molecule has 3 nitrogen and oxygen atoms in total. The van der Waals surface area contributed by atoms with Crippen molar-refractivity contribution < 1.29 is 9.59 Å². The van der Waals surface area contributed by atoms with Crippen LogP contribution in [-0.4, -0.2) is 29.2 Å². The van der Waals surface area contributed by atoms with Gasteiger partial charge in [-0.05, 0) is 31.6 Å². The summed E-state index contributed by atoms with van der Waals surface area (Å²) in [6.07, 6.45) is 4.81. The number of amides is 1. The Labute approximate surface area is 110 Å². The highest BCUT2D eigenvalue weighted by molar-refractivity contribution is 5.85. The highest BCUT2D eigenvalue weighted by atomic mass is 16.2. The smallest absolute Gasteiger partial charge is 0.225 e. The lowest BCUT2D eigenvalue weighted by Gasteiger charge is -2.31. The molecule has 1 saturated carbocycles. The molecule has 102 valence electrons. The third-order valence-electron chi connectivity index (χ3n) is 4.79. The molecule has 0 N–H and O–H groups in total. The van der Waals surface area contributed by atoms with Crippen molar-refractivity contribution in [3.05, 3.63) is 0 Å². The zero-order valence-electron chi connectivity index (χ0n) is 11.8. The first-order chi connectivity index (χ1) is 8.52. The van der Waals surface area contributed by atoms with Crippen LogP contribution in [0.3, 0.4) is 0 Å². The van der Waals surface area contributed by atoms with Gasteiger partial charge in [-0.1, -0.05) is 20.8 Å². The van der Waals surface area contributed by atoms with Crippen molar-refractivity contribution in [2.24, 2.45) is 17.8 Å². The Morgan fingerprint density at radius 3 is 2.50 bits per heavy atom. The molecule has 0 spiro atoms. The molecule has 1 aliphatic heterocycles. The molecule has 1 heterocycles. The van der Waals surface area contributed by atoms with Gasteiger partial charge in [0.15, 0.2) is 0 Å². The third kappa shape index (κ3) is 2.45. The fourth-order valence-electron chi connectivity index (χ4n) is 3.28. The summed E-state index contributed by atoms with van der Waals surface area (Å²) in [6.45, 7) is 7.05. The molecule has 0 aromatic rings. The second-order valence-corrected chi connectivity index (χ2v) is 6.24. The van der Waals surface area contributed by atoms with E-state index in [0.29, 0.717) is 11.7 Å². The molecule has 18 heavy (non-hydrogen) atoms. The molecule has 2 aliphatic rings. The number of carbonyl (C=O) groups is 2. The van der Waals surface area contributed by atoms with Crippen LogP contribution in [0, 0.1) is 17.8 Å². The van der Waals surface area contributed by atoms with Crippen LogP contribution in [0.4, 0.5) is 0 Å². The van der Waals surface area contributed by atoms with Crippen LogP contribution in [0.5, 0.6) is 0 Å². The summed E-state index contributed by atoms with van der Waals surface area (Å²) < 4.78 is 0. The van der Waals surface area contributed by atoms with E-state index >= 15 is 0 Å². The van der Waals surface area contributed by atoms with Crippen LogP contribution in [0.1, 0.15) is 52.9 Å². The summed E-state index contributed by atoms with van der Waals surface area (Å²) >= 11 is 0. The summed E-state index contributed by atoms with van der Waals surface area (Å²) in [5.74, 6) is 1.22. The van der Waals surface area contributed by atoms with Gasteiger partial charge in [0.2, 0.25) is 5.91 Å². The van der Waals surface area contributed by atoms with E-state index in [4.69, 9.17) is 0 Å². The Morgan fingerprint density at radius 2 is 1.94 bits per heavy atom. The van der Waals surface area contributed by atoms with E-state index in [9.17, 15) is 9.59 Å². The minimum atomic E-state index is 0.0714. The van der Waals surface area contributed by atoms with Gasteiger partial charge in [0.1, 0.15) is 5.78 Å². The lowest BCUT2D eigenvalue weighted by molar-refractivity contribution is -0.139. The van der Waals surface area contributed by atoms with Crippen LogP contribution in [0.25, 0.3) is 0 Å². The molecule has 3 unspecified atom stereocenters. The zero-order chi connectivity index (χ0) is 13.3. The molecule has 2 fully saturated rings. The number of likely N-dealkylation sites (tertiary alicyclic amines) is 1. The van der Waals surface area contributed by atoms with Crippen molar-refractivity contribution in [3.8, 4) is 0 Å². The molecule has 2 rings (SSSR count). The van der Waals surface area contributed by atoms with Crippen LogP contribution < -0.4 is 0 Å². The Kier molecular flexibility index (Phi) is 4.08. The van der Waals surface area contributed by atoms with E-state index in [1.807, 2.05) is 11.8 Å². The maximum absolute atomic E-state index is 12.5. The van der Waals surface area contributed by atoms with Gasteiger partial charge in [-0.2, -0.15) is 0 Å². The predicted molar refractivity (Wildman–Crippen MR) is 71.1 cm³/mol. The molecular weight excluding hydrogens is 226 g/mol. The number of ketones is 1. The average molecular weight is 251 g/mol. The maximum Gasteiger partial charge on any atom is 0.225 e. The normalized spacial score (nSPS) is 30.2. The Hall–Kier alpha value is -0.860. The Morgan fingerprint density at radius 1 is 1.22 bits per heavy atom. The fourth-order valence-corrected chi connectivity index (χ4v) is 3.28. The largest absolute Gasteiger partial charge is 0.339 e. The van der Waals surface area contributed by atoms with Gasteiger partial charge in [0.05, 0.1) is 0 Å². The molecule has 0 aromatic carbocycles. The Bertz CT molecular complexity index is 337. The quantitative estimate of drug-likeness (QED) is 0.773. The van der Waals surface area contributed by atoms with Gasteiger partial charge in [0.25, 0.3) is 0 Å². The molecule has 3 atom stereocenters. The lowest BCUT2D eigenvalue weighted by Crippen LogP contribution is -2.44.